The largest absolute Gasteiger partial charge is 0.313 e. The smallest absolute Gasteiger partial charge is 0.243 e. The van der Waals surface area contributed by atoms with Crippen molar-refractivity contribution in [3.05, 3.63) is 64.4 Å². The van der Waals surface area contributed by atoms with E-state index in [4.69, 9.17) is 11.6 Å². The lowest BCUT2D eigenvalue weighted by Gasteiger charge is -2.35. The maximum Gasteiger partial charge on any atom is 0.243 e. The van der Waals surface area contributed by atoms with E-state index >= 15 is 0 Å². The van der Waals surface area contributed by atoms with Gasteiger partial charge in [-0.3, -0.25) is 0 Å². The van der Waals surface area contributed by atoms with Crippen LogP contribution in [0.25, 0.3) is 0 Å². The summed E-state index contributed by atoms with van der Waals surface area (Å²) < 4.78 is 67.0. The minimum Gasteiger partial charge on any atom is -0.313 e. The van der Waals surface area contributed by atoms with Gasteiger partial charge in [0.05, 0.1) is 10.9 Å². The zero-order valence-corrected chi connectivity index (χ0v) is 14.4. The maximum absolute atomic E-state index is 13.5. The van der Waals surface area contributed by atoms with E-state index in [-0.39, 0.29) is 6.54 Å². The molecular weight excluding hydrogens is 377 g/mol. The molecule has 0 aromatic heterocycles. The van der Waals surface area contributed by atoms with Gasteiger partial charge in [0, 0.05) is 24.7 Å². The fraction of sp³-hybridized carbons (Fsp3) is 0.250. The summed E-state index contributed by atoms with van der Waals surface area (Å²) in [4.78, 5) is -0.627. The van der Waals surface area contributed by atoms with Gasteiger partial charge in [0.15, 0.2) is 17.5 Å². The molecule has 1 N–H and O–H groups in total. The normalized spacial score (nSPS) is 19.1. The van der Waals surface area contributed by atoms with Crippen molar-refractivity contribution in [2.24, 2.45) is 0 Å². The van der Waals surface area contributed by atoms with Gasteiger partial charge in [0.2, 0.25) is 10.0 Å². The van der Waals surface area contributed by atoms with Gasteiger partial charge < -0.3 is 5.32 Å². The lowest BCUT2D eigenvalue weighted by molar-refractivity contribution is 0.271. The first-order valence-corrected chi connectivity index (χ1v) is 9.25. The summed E-state index contributed by atoms with van der Waals surface area (Å²) in [6.07, 6.45) is 0. The van der Waals surface area contributed by atoms with Crippen LogP contribution in [0.2, 0.25) is 5.02 Å². The Morgan fingerprint density at radius 1 is 1.12 bits per heavy atom. The number of hydrogen-bond acceptors (Lipinski definition) is 3. The standard InChI is InChI=1S/C16H14ClF3N2O2S/c17-11-3-1-2-10(6-11)15-9-21-4-5-22(15)25(23,24)12-7-13(18)16(20)14(19)8-12/h1-3,6-8,15,21H,4-5,9H2. The number of rotatable bonds is 3. The van der Waals surface area contributed by atoms with Gasteiger partial charge in [0.25, 0.3) is 0 Å². The highest BCUT2D eigenvalue weighted by molar-refractivity contribution is 7.89. The van der Waals surface area contributed by atoms with E-state index in [9.17, 15) is 21.6 Å². The molecule has 1 saturated heterocycles. The summed E-state index contributed by atoms with van der Waals surface area (Å²) in [6.45, 7) is 0.786. The highest BCUT2D eigenvalue weighted by atomic mass is 35.5. The van der Waals surface area contributed by atoms with Crippen LogP contribution >= 0.6 is 11.6 Å². The monoisotopic (exact) mass is 390 g/mol. The number of hydrogen-bond donors (Lipinski definition) is 1. The Morgan fingerprint density at radius 2 is 1.80 bits per heavy atom. The van der Waals surface area contributed by atoms with Crippen molar-refractivity contribution < 1.29 is 21.6 Å². The zero-order valence-electron chi connectivity index (χ0n) is 12.8. The van der Waals surface area contributed by atoms with E-state index in [1.165, 1.54) is 0 Å². The van der Waals surface area contributed by atoms with Gasteiger partial charge >= 0.3 is 0 Å². The fourth-order valence-corrected chi connectivity index (χ4v) is 4.63. The summed E-state index contributed by atoms with van der Waals surface area (Å²) in [6, 6.07) is 7.08. The van der Waals surface area contributed by atoms with Crippen molar-refractivity contribution >= 4 is 21.6 Å². The first-order chi connectivity index (χ1) is 11.8. The number of nitrogens with zero attached hydrogens (tertiary/aromatic N) is 1. The van der Waals surface area contributed by atoms with Crippen molar-refractivity contribution in [2.75, 3.05) is 19.6 Å². The molecule has 1 unspecified atom stereocenters. The molecule has 3 rings (SSSR count). The Balaban J connectivity index is 2.05. The summed E-state index contributed by atoms with van der Waals surface area (Å²) in [7, 11) is -4.23. The van der Waals surface area contributed by atoms with Crippen LogP contribution in [0.3, 0.4) is 0 Å². The molecule has 0 aliphatic carbocycles. The van der Waals surface area contributed by atoms with Crippen molar-refractivity contribution in [2.45, 2.75) is 10.9 Å². The van der Waals surface area contributed by atoms with Gasteiger partial charge in [0.1, 0.15) is 0 Å². The van der Waals surface area contributed by atoms with Crippen molar-refractivity contribution in [1.82, 2.24) is 9.62 Å². The van der Waals surface area contributed by atoms with E-state index in [1.807, 2.05) is 0 Å². The van der Waals surface area contributed by atoms with Crippen LogP contribution in [0.1, 0.15) is 11.6 Å². The molecule has 2 aromatic carbocycles. The van der Waals surface area contributed by atoms with Crippen molar-refractivity contribution in [1.29, 1.82) is 0 Å². The van der Waals surface area contributed by atoms with E-state index in [0.29, 0.717) is 35.8 Å². The first kappa shape index (κ1) is 18.2. The molecule has 9 heteroatoms. The molecule has 1 heterocycles. The van der Waals surface area contributed by atoms with Gasteiger partial charge in [-0.25, -0.2) is 21.6 Å². The Labute approximate surface area is 148 Å². The summed E-state index contributed by atoms with van der Waals surface area (Å²) in [5.74, 6) is -4.80. The predicted octanol–water partition coefficient (Wildman–Crippen LogP) is 3.09. The second-order valence-electron chi connectivity index (χ2n) is 5.59. The number of benzene rings is 2. The molecule has 0 saturated carbocycles. The average Bonchev–Trinajstić information content (AvgIpc) is 2.59. The molecule has 1 atom stereocenters. The van der Waals surface area contributed by atoms with E-state index in [2.05, 4.69) is 5.32 Å². The second kappa shape index (κ2) is 6.95. The van der Waals surface area contributed by atoms with Gasteiger partial charge in [-0.1, -0.05) is 23.7 Å². The van der Waals surface area contributed by atoms with Gasteiger partial charge in [-0.2, -0.15) is 4.31 Å². The van der Waals surface area contributed by atoms with E-state index < -0.39 is 38.4 Å². The molecule has 1 fully saturated rings. The van der Waals surface area contributed by atoms with Gasteiger partial charge in [-0.05, 0) is 29.8 Å². The Bertz CT molecular complexity index is 885. The van der Waals surface area contributed by atoms with Crippen LogP contribution in [-0.2, 0) is 10.0 Å². The Hall–Kier alpha value is -1.61. The second-order valence-corrected chi connectivity index (χ2v) is 7.92. The van der Waals surface area contributed by atoms with Crippen LogP contribution in [0.15, 0.2) is 41.3 Å². The molecule has 4 nitrogen and oxygen atoms in total. The SMILES string of the molecule is O=S(=O)(c1cc(F)c(F)c(F)c1)N1CCNCC1c1cccc(Cl)c1. The summed E-state index contributed by atoms with van der Waals surface area (Å²) in [5.41, 5.74) is 0.645. The molecule has 0 bridgehead atoms. The summed E-state index contributed by atoms with van der Waals surface area (Å²) in [5, 5.41) is 3.52. The molecule has 0 radical (unpaired) electrons. The third-order valence-corrected chi connectivity index (χ3v) is 6.11. The molecule has 134 valence electrons. The number of piperazine rings is 1. The van der Waals surface area contributed by atoms with Crippen LogP contribution in [-0.4, -0.2) is 32.4 Å². The Morgan fingerprint density at radius 3 is 2.44 bits per heavy atom. The third-order valence-electron chi connectivity index (χ3n) is 3.99. The minimum absolute atomic E-state index is 0.0973. The van der Waals surface area contributed by atoms with Crippen LogP contribution in [0.5, 0.6) is 0 Å². The fourth-order valence-electron chi connectivity index (χ4n) is 2.79. The first-order valence-electron chi connectivity index (χ1n) is 7.43. The van der Waals surface area contributed by atoms with Crippen molar-refractivity contribution in [3.8, 4) is 0 Å². The molecular formula is C16H14ClF3N2O2S. The Kier molecular flexibility index (Phi) is 5.06. The van der Waals surface area contributed by atoms with Crippen LogP contribution in [0.4, 0.5) is 13.2 Å². The highest BCUT2D eigenvalue weighted by Gasteiger charge is 2.35. The molecule has 2 aromatic rings. The lowest BCUT2D eigenvalue weighted by atomic mass is 10.1. The van der Waals surface area contributed by atoms with Crippen LogP contribution in [0, 0.1) is 17.5 Å². The van der Waals surface area contributed by atoms with Crippen LogP contribution < -0.4 is 5.32 Å². The number of halogens is 4. The lowest BCUT2D eigenvalue weighted by Crippen LogP contribution is -2.48. The topological polar surface area (TPSA) is 49.4 Å². The minimum atomic E-state index is -4.23. The average molecular weight is 391 g/mol. The molecule has 0 spiro atoms. The number of nitrogens with one attached hydrogen (secondary N) is 1. The molecule has 25 heavy (non-hydrogen) atoms. The highest BCUT2D eigenvalue weighted by Crippen LogP contribution is 2.31. The molecule has 0 amide bonds. The summed E-state index contributed by atoms with van der Waals surface area (Å²) >= 11 is 5.97. The van der Waals surface area contributed by atoms with E-state index in [0.717, 1.165) is 4.31 Å². The number of sulfonamides is 1. The molecule has 1 aliphatic heterocycles. The predicted molar refractivity (Wildman–Crippen MR) is 87.3 cm³/mol. The zero-order chi connectivity index (χ0) is 18.2. The van der Waals surface area contributed by atoms with Gasteiger partial charge in [-0.15, -0.1) is 0 Å². The maximum atomic E-state index is 13.5. The third kappa shape index (κ3) is 3.52. The molecule has 1 aliphatic rings. The van der Waals surface area contributed by atoms with E-state index in [1.54, 1.807) is 24.3 Å². The van der Waals surface area contributed by atoms with Crippen molar-refractivity contribution in [3.63, 3.8) is 0 Å². The quantitative estimate of drug-likeness (QED) is 0.819.